The molecule has 1 aromatic carbocycles. The van der Waals surface area contributed by atoms with E-state index < -0.39 is 0 Å². The van der Waals surface area contributed by atoms with Crippen LogP contribution in [0.4, 0.5) is 5.69 Å². The van der Waals surface area contributed by atoms with E-state index in [-0.39, 0.29) is 11.8 Å². The molecule has 0 spiro atoms. The number of nitrogens with zero attached hydrogens (tertiary/aromatic N) is 1. The molecule has 2 rings (SSSR count). The van der Waals surface area contributed by atoms with Gasteiger partial charge in [0.15, 0.2) is 0 Å². The SMILES string of the molecule is CC1CCC(C(N)=O)CN1c1ccc(Cl)cc1C(N)=S. The van der Waals surface area contributed by atoms with Crippen LogP contribution < -0.4 is 16.4 Å². The molecule has 0 aromatic heterocycles. The molecule has 2 atom stereocenters. The molecular formula is C14H18ClN3OS. The van der Waals surface area contributed by atoms with Crippen LogP contribution in [0, 0.1) is 5.92 Å². The van der Waals surface area contributed by atoms with Crippen LogP contribution in [0.15, 0.2) is 18.2 Å². The number of halogens is 1. The summed E-state index contributed by atoms with van der Waals surface area (Å²) in [6, 6.07) is 5.77. The summed E-state index contributed by atoms with van der Waals surface area (Å²) in [4.78, 5) is 13.9. The van der Waals surface area contributed by atoms with Gasteiger partial charge < -0.3 is 16.4 Å². The van der Waals surface area contributed by atoms with Crippen molar-refractivity contribution in [3.63, 3.8) is 0 Å². The third kappa shape index (κ3) is 3.04. The van der Waals surface area contributed by atoms with Crippen LogP contribution in [0.2, 0.25) is 5.02 Å². The molecule has 1 aliphatic heterocycles. The Kier molecular flexibility index (Phi) is 4.50. The molecule has 1 fully saturated rings. The lowest BCUT2D eigenvalue weighted by Gasteiger charge is -2.39. The number of thiocarbonyl (C=S) groups is 1. The van der Waals surface area contributed by atoms with Crippen molar-refractivity contribution in [3.05, 3.63) is 28.8 Å². The Bertz CT molecular complexity index is 549. The molecule has 4 N–H and O–H groups in total. The summed E-state index contributed by atoms with van der Waals surface area (Å²) in [7, 11) is 0. The van der Waals surface area contributed by atoms with E-state index in [0.29, 0.717) is 22.6 Å². The van der Waals surface area contributed by atoms with Crippen LogP contribution in [0.1, 0.15) is 25.3 Å². The number of amides is 1. The lowest BCUT2D eigenvalue weighted by molar-refractivity contribution is -0.122. The fourth-order valence-corrected chi connectivity index (χ4v) is 2.97. The van der Waals surface area contributed by atoms with E-state index in [0.717, 1.165) is 24.1 Å². The second-order valence-electron chi connectivity index (χ2n) is 5.20. The molecule has 6 heteroatoms. The maximum atomic E-state index is 11.4. The highest BCUT2D eigenvalue weighted by Crippen LogP contribution is 2.31. The molecule has 0 aliphatic carbocycles. The van der Waals surface area contributed by atoms with Gasteiger partial charge in [0.05, 0.1) is 5.92 Å². The first-order valence-electron chi connectivity index (χ1n) is 6.55. The Balaban J connectivity index is 2.38. The summed E-state index contributed by atoms with van der Waals surface area (Å²) in [6.07, 6.45) is 1.73. The van der Waals surface area contributed by atoms with Crippen molar-refractivity contribution in [1.29, 1.82) is 0 Å². The molecule has 0 radical (unpaired) electrons. The van der Waals surface area contributed by atoms with Crippen molar-refractivity contribution in [2.45, 2.75) is 25.8 Å². The Morgan fingerprint density at radius 1 is 1.40 bits per heavy atom. The average Bonchev–Trinajstić information content (AvgIpc) is 2.39. The van der Waals surface area contributed by atoms with E-state index in [9.17, 15) is 4.79 Å². The number of carbonyl (C=O) groups is 1. The van der Waals surface area contributed by atoms with Gasteiger partial charge in [-0.05, 0) is 38.0 Å². The van der Waals surface area contributed by atoms with Gasteiger partial charge in [0.2, 0.25) is 5.91 Å². The van der Waals surface area contributed by atoms with E-state index in [1.807, 2.05) is 6.07 Å². The minimum absolute atomic E-state index is 0.138. The van der Waals surface area contributed by atoms with Gasteiger partial charge in [-0.15, -0.1) is 0 Å². The van der Waals surface area contributed by atoms with Crippen LogP contribution in [0.5, 0.6) is 0 Å². The number of hydrogen-bond donors (Lipinski definition) is 2. The number of nitrogens with two attached hydrogens (primary N) is 2. The predicted octanol–water partition coefficient (Wildman–Crippen LogP) is 2.06. The number of rotatable bonds is 3. The van der Waals surface area contributed by atoms with Gasteiger partial charge in [-0.3, -0.25) is 4.79 Å². The van der Waals surface area contributed by atoms with Crippen molar-refractivity contribution in [2.75, 3.05) is 11.4 Å². The first kappa shape index (κ1) is 15.1. The highest BCUT2D eigenvalue weighted by Gasteiger charge is 2.30. The average molecular weight is 312 g/mol. The molecule has 4 nitrogen and oxygen atoms in total. The molecular weight excluding hydrogens is 294 g/mol. The van der Waals surface area contributed by atoms with E-state index in [1.165, 1.54) is 0 Å². The molecule has 2 unspecified atom stereocenters. The molecule has 108 valence electrons. The Morgan fingerprint density at radius 3 is 2.70 bits per heavy atom. The van der Waals surface area contributed by atoms with Crippen molar-refractivity contribution < 1.29 is 4.79 Å². The van der Waals surface area contributed by atoms with Gasteiger partial charge in [0, 0.05) is 28.9 Å². The maximum Gasteiger partial charge on any atom is 0.222 e. The zero-order valence-electron chi connectivity index (χ0n) is 11.3. The monoisotopic (exact) mass is 311 g/mol. The quantitative estimate of drug-likeness (QED) is 0.838. The minimum atomic E-state index is -0.257. The van der Waals surface area contributed by atoms with Gasteiger partial charge in [-0.1, -0.05) is 23.8 Å². The normalized spacial score (nSPS) is 22.6. The second kappa shape index (κ2) is 5.97. The molecule has 1 amide bonds. The van der Waals surface area contributed by atoms with Crippen LogP contribution in [-0.4, -0.2) is 23.5 Å². The first-order valence-corrected chi connectivity index (χ1v) is 7.34. The van der Waals surface area contributed by atoms with Crippen molar-refractivity contribution in [2.24, 2.45) is 17.4 Å². The third-order valence-corrected chi connectivity index (χ3v) is 4.27. The van der Waals surface area contributed by atoms with Crippen molar-refractivity contribution in [1.82, 2.24) is 0 Å². The molecule has 0 bridgehead atoms. The zero-order valence-corrected chi connectivity index (χ0v) is 12.9. The molecule has 0 saturated carbocycles. The predicted molar refractivity (Wildman–Crippen MR) is 86.1 cm³/mol. The Morgan fingerprint density at radius 2 is 2.10 bits per heavy atom. The Labute approximate surface area is 129 Å². The van der Waals surface area contributed by atoms with E-state index in [1.54, 1.807) is 12.1 Å². The van der Waals surface area contributed by atoms with Crippen LogP contribution in [-0.2, 0) is 4.79 Å². The standard InChI is InChI=1S/C14H18ClN3OS/c1-8-2-3-9(13(16)19)7-18(8)12-5-4-10(15)6-11(12)14(17)20/h4-6,8-9H,2-3,7H2,1H3,(H2,16,19)(H2,17,20). The van der Waals surface area contributed by atoms with Gasteiger partial charge >= 0.3 is 0 Å². The molecule has 1 saturated heterocycles. The van der Waals surface area contributed by atoms with Crippen molar-refractivity contribution >= 4 is 40.4 Å². The third-order valence-electron chi connectivity index (χ3n) is 3.82. The van der Waals surface area contributed by atoms with E-state index in [4.69, 9.17) is 35.3 Å². The number of primary amides is 1. The molecule has 1 aliphatic rings. The van der Waals surface area contributed by atoms with Crippen LogP contribution in [0.25, 0.3) is 0 Å². The highest BCUT2D eigenvalue weighted by atomic mass is 35.5. The summed E-state index contributed by atoms with van der Waals surface area (Å²) < 4.78 is 0. The first-order chi connectivity index (χ1) is 9.40. The minimum Gasteiger partial charge on any atom is -0.389 e. The number of benzene rings is 1. The summed E-state index contributed by atoms with van der Waals surface area (Å²) in [6.45, 7) is 2.71. The topological polar surface area (TPSA) is 72.4 Å². The van der Waals surface area contributed by atoms with E-state index in [2.05, 4.69) is 11.8 Å². The molecule has 20 heavy (non-hydrogen) atoms. The smallest absolute Gasteiger partial charge is 0.222 e. The summed E-state index contributed by atoms with van der Waals surface area (Å²) in [5, 5.41) is 0.590. The van der Waals surface area contributed by atoms with Crippen LogP contribution in [0.3, 0.4) is 0 Å². The number of carbonyl (C=O) groups excluding carboxylic acids is 1. The van der Waals surface area contributed by atoms with Gasteiger partial charge in [-0.2, -0.15) is 0 Å². The fraction of sp³-hybridized carbons (Fsp3) is 0.429. The van der Waals surface area contributed by atoms with Gasteiger partial charge in [0.1, 0.15) is 4.99 Å². The largest absolute Gasteiger partial charge is 0.389 e. The molecule has 1 heterocycles. The van der Waals surface area contributed by atoms with Crippen LogP contribution >= 0.6 is 23.8 Å². The van der Waals surface area contributed by atoms with Gasteiger partial charge in [0.25, 0.3) is 0 Å². The lowest BCUT2D eigenvalue weighted by Crippen LogP contribution is -2.46. The summed E-state index contributed by atoms with van der Waals surface area (Å²) in [5.41, 5.74) is 12.9. The summed E-state index contributed by atoms with van der Waals surface area (Å²) in [5.74, 6) is -0.395. The fourth-order valence-electron chi connectivity index (χ4n) is 2.63. The number of hydrogen-bond acceptors (Lipinski definition) is 3. The van der Waals surface area contributed by atoms with Gasteiger partial charge in [-0.25, -0.2) is 0 Å². The van der Waals surface area contributed by atoms with Crippen molar-refractivity contribution in [3.8, 4) is 0 Å². The Hall–Kier alpha value is -1.33. The lowest BCUT2D eigenvalue weighted by atomic mass is 9.92. The zero-order chi connectivity index (χ0) is 14.9. The summed E-state index contributed by atoms with van der Waals surface area (Å²) >= 11 is 11.1. The number of anilines is 1. The number of piperidine rings is 1. The second-order valence-corrected chi connectivity index (χ2v) is 6.08. The maximum absolute atomic E-state index is 11.4. The highest BCUT2D eigenvalue weighted by molar-refractivity contribution is 7.80. The van der Waals surface area contributed by atoms with E-state index >= 15 is 0 Å². The molecule has 1 aromatic rings.